The van der Waals surface area contributed by atoms with Crippen molar-refractivity contribution in [2.75, 3.05) is 25.0 Å². The Labute approximate surface area is 123 Å². The summed E-state index contributed by atoms with van der Waals surface area (Å²) in [5.41, 5.74) is 0.553. The highest BCUT2D eigenvalue weighted by Gasteiger charge is 2.26. The maximum absolute atomic E-state index is 12.5. The van der Waals surface area contributed by atoms with Gasteiger partial charge in [-0.2, -0.15) is 0 Å². The lowest BCUT2D eigenvalue weighted by atomic mass is 10.1. The molecule has 0 aliphatic carbocycles. The van der Waals surface area contributed by atoms with Crippen LogP contribution >= 0.6 is 0 Å². The molecule has 2 fully saturated rings. The smallest absolute Gasteiger partial charge is 0.257 e. The van der Waals surface area contributed by atoms with Gasteiger partial charge in [0.25, 0.3) is 5.91 Å². The summed E-state index contributed by atoms with van der Waals surface area (Å²) >= 11 is 0. The standard InChI is InChI=1S/C15H20N4O2/c20-14-12(6-4-8-17-14)18-13-11(5-3-7-16-13)15(21)19-9-1-2-10-19/h3,5,7,12H,1-2,4,6,8-10H2,(H,16,18)(H,17,20). The zero-order valence-electron chi connectivity index (χ0n) is 12.0. The van der Waals surface area contributed by atoms with Gasteiger partial charge in [-0.05, 0) is 37.8 Å². The molecule has 1 atom stereocenters. The number of nitrogens with one attached hydrogen (secondary N) is 2. The first kappa shape index (κ1) is 13.9. The molecule has 0 radical (unpaired) electrons. The van der Waals surface area contributed by atoms with Gasteiger partial charge in [0.15, 0.2) is 0 Å². The Morgan fingerprint density at radius 2 is 2.14 bits per heavy atom. The van der Waals surface area contributed by atoms with E-state index in [-0.39, 0.29) is 17.9 Å². The highest BCUT2D eigenvalue weighted by molar-refractivity contribution is 5.99. The van der Waals surface area contributed by atoms with Crippen molar-refractivity contribution >= 4 is 17.6 Å². The van der Waals surface area contributed by atoms with Gasteiger partial charge < -0.3 is 15.5 Å². The molecule has 3 heterocycles. The molecule has 3 rings (SSSR count). The summed E-state index contributed by atoms with van der Waals surface area (Å²) in [4.78, 5) is 30.5. The monoisotopic (exact) mass is 288 g/mol. The van der Waals surface area contributed by atoms with Gasteiger partial charge in [-0.1, -0.05) is 0 Å². The number of hydrogen-bond acceptors (Lipinski definition) is 4. The number of aromatic nitrogens is 1. The molecule has 2 aliphatic heterocycles. The minimum atomic E-state index is -0.307. The summed E-state index contributed by atoms with van der Waals surface area (Å²) in [6.07, 6.45) is 5.45. The second-order valence-corrected chi connectivity index (χ2v) is 5.53. The molecule has 0 spiro atoms. The summed E-state index contributed by atoms with van der Waals surface area (Å²) in [6, 6.07) is 3.23. The molecule has 2 saturated heterocycles. The van der Waals surface area contributed by atoms with Crippen molar-refractivity contribution in [3.05, 3.63) is 23.9 Å². The van der Waals surface area contributed by atoms with E-state index in [1.165, 1.54) is 0 Å². The number of carbonyl (C=O) groups excluding carboxylic acids is 2. The highest BCUT2D eigenvalue weighted by Crippen LogP contribution is 2.20. The molecule has 1 aromatic rings. The molecular weight excluding hydrogens is 268 g/mol. The quantitative estimate of drug-likeness (QED) is 0.870. The van der Waals surface area contributed by atoms with Crippen LogP contribution in [0.4, 0.5) is 5.82 Å². The Hall–Kier alpha value is -2.11. The van der Waals surface area contributed by atoms with E-state index < -0.39 is 0 Å². The molecule has 2 amide bonds. The van der Waals surface area contributed by atoms with Crippen molar-refractivity contribution in [3.63, 3.8) is 0 Å². The first-order chi connectivity index (χ1) is 10.3. The number of likely N-dealkylation sites (tertiary alicyclic amines) is 1. The van der Waals surface area contributed by atoms with Gasteiger partial charge in [0.1, 0.15) is 11.9 Å². The molecule has 0 aromatic carbocycles. The number of pyridine rings is 1. The third-order valence-corrected chi connectivity index (χ3v) is 4.03. The van der Waals surface area contributed by atoms with Crippen molar-refractivity contribution in [2.45, 2.75) is 31.7 Å². The Morgan fingerprint density at radius 1 is 1.33 bits per heavy atom. The number of carbonyl (C=O) groups is 2. The molecule has 112 valence electrons. The maximum atomic E-state index is 12.5. The third-order valence-electron chi connectivity index (χ3n) is 4.03. The van der Waals surface area contributed by atoms with Gasteiger partial charge >= 0.3 is 0 Å². The van der Waals surface area contributed by atoms with E-state index in [1.54, 1.807) is 18.3 Å². The Balaban J connectivity index is 1.78. The summed E-state index contributed by atoms with van der Waals surface area (Å²) in [6.45, 7) is 2.33. The molecule has 0 saturated carbocycles. The maximum Gasteiger partial charge on any atom is 0.257 e. The first-order valence-electron chi connectivity index (χ1n) is 7.54. The zero-order chi connectivity index (χ0) is 14.7. The molecule has 0 bridgehead atoms. The van der Waals surface area contributed by atoms with Crippen molar-refractivity contribution < 1.29 is 9.59 Å². The predicted molar refractivity (Wildman–Crippen MR) is 79.0 cm³/mol. The van der Waals surface area contributed by atoms with Crippen LogP contribution in [-0.2, 0) is 4.79 Å². The van der Waals surface area contributed by atoms with Crippen molar-refractivity contribution in [3.8, 4) is 0 Å². The van der Waals surface area contributed by atoms with Gasteiger partial charge in [0.2, 0.25) is 5.91 Å². The summed E-state index contributed by atoms with van der Waals surface area (Å²) in [7, 11) is 0. The molecular formula is C15H20N4O2. The van der Waals surface area contributed by atoms with E-state index in [2.05, 4.69) is 15.6 Å². The van der Waals surface area contributed by atoms with Gasteiger partial charge in [0.05, 0.1) is 5.56 Å². The second kappa shape index (κ2) is 6.11. The van der Waals surface area contributed by atoms with Crippen LogP contribution in [-0.4, -0.2) is 47.4 Å². The van der Waals surface area contributed by atoms with Crippen LogP contribution in [0, 0.1) is 0 Å². The van der Waals surface area contributed by atoms with Gasteiger partial charge in [-0.3, -0.25) is 9.59 Å². The van der Waals surface area contributed by atoms with E-state index >= 15 is 0 Å². The van der Waals surface area contributed by atoms with E-state index in [4.69, 9.17) is 0 Å². The summed E-state index contributed by atoms with van der Waals surface area (Å²) in [5, 5.41) is 5.96. The van der Waals surface area contributed by atoms with E-state index in [0.29, 0.717) is 11.4 Å². The second-order valence-electron chi connectivity index (χ2n) is 5.53. The van der Waals surface area contributed by atoms with E-state index in [1.807, 2.05) is 4.90 Å². The summed E-state index contributed by atoms with van der Waals surface area (Å²) in [5.74, 6) is 0.488. The molecule has 1 unspecified atom stereocenters. The number of amides is 2. The Kier molecular flexibility index (Phi) is 4.03. The number of anilines is 1. The minimum Gasteiger partial charge on any atom is -0.358 e. The fourth-order valence-electron chi connectivity index (χ4n) is 2.86. The Bertz CT molecular complexity index is 540. The van der Waals surface area contributed by atoms with Crippen molar-refractivity contribution in [1.82, 2.24) is 15.2 Å². The van der Waals surface area contributed by atoms with Crippen LogP contribution in [0.3, 0.4) is 0 Å². The van der Waals surface area contributed by atoms with Gasteiger partial charge in [-0.25, -0.2) is 4.98 Å². The average Bonchev–Trinajstić information content (AvgIpc) is 3.04. The zero-order valence-corrected chi connectivity index (χ0v) is 12.0. The largest absolute Gasteiger partial charge is 0.358 e. The van der Waals surface area contributed by atoms with Crippen molar-refractivity contribution in [1.29, 1.82) is 0 Å². The average molecular weight is 288 g/mol. The lowest BCUT2D eigenvalue weighted by Crippen LogP contribution is -2.44. The predicted octanol–water partition coefficient (Wildman–Crippen LogP) is 1.01. The number of hydrogen-bond donors (Lipinski definition) is 2. The Morgan fingerprint density at radius 3 is 2.90 bits per heavy atom. The van der Waals surface area contributed by atoms with Crippen LogP contribution in [0.2, 0.25) is 0 Å². The van der Waals surface area contributed by atoms with E-state index in [9.17, 15) is 9.59 Å². The van der Waals surface area contributed by atoms with E-state index in [0.717, 1.165) is 45.3 Å². The fourth-order valence-corrected chi connectivity index (χ4v) is 2.86. The van der Waals surface area contributed by atoms with Crippen molar-refractivity contribution in [2.24, 2.45) is 0 Å². The SMILES string of the molecule is O=C1NCCCC1Nc1ncccc1C(=O)N1CCCC1. The fraction of sp³-hybridized carbons (Fsp3) is 0.533. The number of nitrogens with zero attached hydrogens (tertiary/aromatic N) is 2. The molecule has 2 N–H and O–H groups in total. The minimum absolute atomic E-state index is 0.000632. The van der Waals surface area contributed by atoms with Crippen LogP contribution < -0.4 is 10.6 Å². The lowest BCUT2D eigenvalue weighted by molar-refractivity contribution is -0.123. The number of piperidine rings is 1. The topological polar surface area (TPSA) is 74.3 Å². The van der Waals surface area contributed by atoms with Gasteiger partial charge in [0, 0.05) is 25.8 Å². The first-order valence-corrected chi connectivity index (χ1v) is 7.54. The molecule has 6 heteroatoms. The third kappa shape index (κ3) is 2.99. The summed E-state index contributed by atoms with van der Waals surface area (Å²) < 4.78 is 0. The molecule has 6 nitrogen and oxygen atoms in total. The van der Waals surface area contributed by atoms with Crippen LogP contribution in [0.1, 0.15) is 36.0 Å². The molecule has 1 aromatic heterocycles. The lowest BCUT2D eigenvalue weighted by Gasteiger charge is -2.24. The van der Waals surface area contributed by atoms with Crippen LogP contribution in [0.25, 0.3) is 0 Å². The molecule has 21 heavy (non-hydrogen) atoms. The van der Waals surface area contributed by atoms with Gasteiger partial charge in [-0.15, -0.1) is 0 Å². The van der Waals surface area contributed by atoms with Crippen LogP contribution in [0.5, 0.6) is 0 Å². The molecule has 2 aliphatic rings. The highest BCUT2D eigenvalue weighted by atomic mass is 16.2. The normalized spacial score (nSPS) is 22.0. The van der Waals surface area contributed by atoms with Crippen LogP contribution in [0.15, 0.2) is 18.3 Å². The number of rotatable bonds is 3.